The first-order valence-electron chi connectivity index (χ1n) is 4.72. The fourth-order valence-corrected chi connectivity index (χ4v) is 1.58. The third-order valence-electron chi connectivity index (χ3n) is 1.98. The zero-order chi connectivity index (χ0) is 12.1. The Morgan fingerprint density at radius 3 is 2.94 bits per heavy atom. The van der Waals surface area contributed by atoms with Crippen LogP contribution in [0.25, 0.3) is 0 Å². The van der Waals surface area contributed by atoms with E-state index in [4.69, 9.17) is 5.11 Å². The molecule has 0 saturated carbocycles. The van der Waals surface area contributed by atoms with Gasteiger partial charge in [0.15, 0.2) is 0 Å². The van der Waals surface area contributed by atoms with Crippen molar-refractivity contribution in [3.63, 3.8) is 0 Å². The van der Waals surface area contributed by atoms with Crippen LogP contribution in [-0.2, 0) is 0 Å². The highest BCUT2D eigenvalue weighted by Gasteiger charge is 2.11. The van der Waals surface area contributed by atoms with Crippen LogP contribution in [-0.4, -0.2) is 27.7 Å². The zero-order valence-electron chi connectivity index (χ0n) is 8.68. The maximum absolute atomic E-state index is 10.5. The number of nitrogens with zero attached hydrogens (tertiary/aromatic N) is 2. The first-order valence-corrected chi connectivity index (χ1v) is 5.51. The molecule has 0 saturated heterocycles. The summed E-state index contributed by atoms with van der Waals surface area (Å²) in [7, 11) is 0. The smallest absolute Gasteiger partial charge is 0.288 e. The van der Waals surface area contributed by atoms with E-state index in [1.165, 1.54) is 12.3 Å². The van der Waals surface area contributed by atoms with Gasteiger partial charge in [-0.3, -0.25) is 10.1 Å². The van der Waals surface area contributed by atoms with Gasteiger partial charge in [-0.2, -0.15) is 0 Å². The van der Waals surface area contributed by atoms with Gasteiger partial charge in [-0.25, -0.2) is 4.98 Å². The van der Waals surface area contributed by atoms with E-state index < -0.39 is 4.92 Å². The van der Waals surface area contributed by atoms with Gasteiger partial charge in [0.05, 0.1) is 9.40 Å². The van der Waals surface area contributed by atoms with Crippen LogP contribution in [0.3, 0.4) is 0 Å². The fourth-order valence-electron chi connectivity index (χ4n) is 1.13. The molecule has 0 radical (unpaired) electrons. The summed E-state index contributed by atoms with van der Waals surface area (Å²) in [6, 6.07) is 1.44. The Kier molecular flexibility index (Phi) is 4.63. The van der Waals surface area contributed by atoms with Gasteiger partial charge in [0.2, 0.25) is 0 Å². The molecule has 0 aliphatic carbocycles. The summed E-state index contributed by atoms with van der Waals surface area (Å²) in [6.07, 6.45) is 1.78. The number of aliphatic hydroxyl groups excluding tert-OH is 1. The van der Waals surface area contributed by atoms with Gasteiger partial charge in [-0.05, 0) is 29.3 Å². The van der Waals surface area contributed by atoms with E-state index in [1.54, 1.807) is 0 Å². The van der Waals surface area contributed by atoms with E-state index in [0.29, 0.717) is 16.7 Å². The molecule has 6 nitrogen and oxygen atoms in total. The fraction of sp³-hybridized carbons (Fsp3) is 0.444. The van der Waals surface area contributed by atoms with Gasteiger partial charge in [0.25, 0.3) is 5.69 Å². The number of pyridine rings is 1. The minimum Gasteiger partial charge on any atom is -0.396 e. The predicted molar refractivity (Wildman–Crippen MR) is 63.4 cm³/mol. The number of hydrogen-bond donors (Lipinski definition) is 2. The van der Waals surface area contributed by atoms with Crippen molar-refractivity contribution in [2.75, 3.05) is 11.9 Å². The molecule has 16 heavy (non-hydrogen) atoms. The molecular weight excluding hydrogens is 278 g/mol. The number of nitrogens with one attached hydrogen (secondary N) is 1. The summed E-state index contributed by atoms with van der Waals surface area (Å²) < 4.78 is 0.534. The zero-order valence-corrected chi connectivity index (χ0v) is 10.3. The summed E-state index contributed by atoms with van der Waals surface area (Å²) in [5.74, 6) is 0.534. The van der Waals surface area contributed by atoms with Crippen molar-refractivity contribution in [1.29, 1.82) is 0 Å². The number of nitro groups is 1. The predicted octanol–water partition coefficient (Wildman–Crippen LogP) is 1.94. The maximum Gasteiger partial charge on any atom is 0.288 e. The Morgan fingerprint density at radius 1 is 1.75 bits per heavy atom. The summed E-state index contributed by atoms with van der Waals surface area (Å²) in [6.45, 7) is 1.98. The summed E-state index contributed by atoms with van der Waals surface area (Å²) in [5.41, 5.74) is -0.0627. The van der Waals surface area contributed by atoms with Crippen molar-refractivity contribution in [2.45, 2.75) is 19.4 Å². The van der Waals surface area contributed by atoms with Crippen molar-refractivity contribution in [2.24, 2.45) is 0 Å². The summed E-state index contributed by atoms with van der Waals surface area (Å²) >= 11 is 3.20. The molecule has 1 unspecified atom stereocenters. The SMILES string of the molecule is CC(CCO)Nc1ncc([N+](=O)[O-])cc1Br. The number of hydrogen-bond acceptors (Lipinski definition) is 5. The molecule has 0 amide bonds. The van der Waals surface area contributed by atoms with Crippen LogP contribution >= 0.6 is 15.9 Å². The minimum absolute atomic E-state index is 0.0512. The van der Waals surface area contributed by atoms with Gasteiger partial charge in [-0.1, -0.05) is 0 Å². The van der Waals surface area contributed by atoms with Gasteiger partial charge in [0, 0.05) is 18.7 Å². The van der Waals surface area contributed by atoms with Crippen molar-refractivity contribution in [1.82, 2.24) is 4.98 Å². The molecule has 1 heterocycles. The molecule has 1 rings (SSSR count). The van der Waals surface area contributed by atoms with E-state index in [1.807, 2.05) is 6.92 Å². The van der Waals surface area contributed by atoms with E-state index in [0.717, 1.165) is 0 Å². The molecule has 0 spiro atoms. The van der Waals surface area contributed by atoms with E-state index in [2.05, 4.69) is 26.2 Å². The van der Waals surface area contributed by atoms with Crippen LogP contribution in [0, 0.1) is 10.1 Å². The third kappa shape index (κ3) is 3.42. The van der Waals surface area contributed by atoms with Gasteiger partial charge >= 0.3 is 0 Å². The summed E-state index contributed by atoms with van der Waals surface area (Å²) in [4.78, 5) is 13.9. The lowest BCUT2D eigenvalue weighted by atomic mass is 10.2. The Balaban J connectivity index is 2.79. The Hall–Kier alpha value is -1.21. The van der Waals surface area contributed by atoms with Crippen molar-refractivity contribution < 1.29 is 10.0 Å². The van der Waals surface area contributed by atoms with Crippen molar-refractivity contribution in [3.8, 4) is 0 Å². The molecule has 0 aromatic carbocycles. The Labute approximate surface area is 101 Å². The highest BCUT2D eigenvalue weighted by Crippen LogP contribution is 2.25. The largest absolute Gasteiger partial charge is 0.396 e. The first kappa shape index (κ1) is 12.9. The molecule has 7 heteroatoms. The van der Waals surface area contributed by atoms with Crippen LogP contribution in [0.1, 0.15) is 13.3 Å². The van der Waals surface area contributed by atoms with Gasteiger partial charge in [0.1, 0.15) is 12.0 Å². The van der Waals surface area contributed by atoms with Crippen LogP contribution in [0.15, 0.2) is 16.7 Å². The number of anilines is 1. The van der Waals surface area contributed by atoms with Gasteiger partial charge in [-0.15, -0.1) is 0 Å². The number of aromatic nitrogens is 1. The second-order valence-corrected chi connectivity index (χ2v) is 4.19. The van der Waals surface area contributed by atoms with E-state index >= 15 is 0 Å². The Morgan fingerprint density at radius 2 is 2.44 bits per heavy atom. The molecule has 0 fully saturated rings. The van der Waals surface area contributed by atoms with Crippen molar-refractivity contribution >= 4 is 27.4 Å². The van der Waals surface area contributed by atoms with Crippen LogP contribution in [0.4, 0.5) is 11.5 Å². The van der Waals surface area contributed by atoms with E-state index in [9.17, 15) is 10.1 Å². The number of aliphatic hydroxyl groups is 1. The monoisotopic (exact) mass is 289 g/mol. The summed E-state index contributed by atoms with van der Waals surface area (Å²) in [5, 5.41) is 22.3. The molecule has 2 N–H and O–H groups in total. The van der Waals surface area contributed by atoms with Crippen molar-refractivity contribution in [3.05, 3.63) is 26.9 Å². The molecular formula is C9H12BrN3O3. The molecule has 1 atom stereocenters. The van der Waals surface area contributed by atoms with E-state index in [-0.39, 0.29) is 18.3 Å². The Bertz CT molecular complexity index is 386. The standard InChI is InChI=1S/C9H12BrN3O3/c1-6(2-3-14)12-9-8(10)4-7(5-11-9)13(15)16/h4-6,14H,2-3H2,1H3,(H,11,12). The van der Waals surface area contributed by atoms with Gasteiger partial charge < -0.3 is 10.4 Å². The molecule has 0 bridgehead atoms. The second kappa shape index (κ2) is 5.76. The minimum atomic E-state index is -0.501. The second-order valence-electron chi connectivity index (χ2n) is 3.34. The van der Waals surface area contributed by atoms with Crippen LogP contribution in [0.2, 0.25) is 0 Å². The molecule has 0 aliphatic heterocycles. The van der Waals surface area contributed by atoms with Crippen LogP contribution < -0.4 is 5.32 Å². The molecule has 88 valence electrons. The maximum atomic E-state index is 10.5. The number of rotatable bonds is 5. The third-order valence-corrected chi connectivity index (χ3v) is 2.59. The highest BCUT2D eigenvalue weighted by molar-refractivity contribution is 9.10. The normalized spacial score (nSPS) is 12.2. The lowest BCUT2D eigenvalue weighted by Gasteiger charge is -2.13. The van der Waals surface area contributed by atoms with Crippen LogP contribution in [0.5, 0.6) is 0 Å². The average molecular weight is 290 g/mol. The lowest BCUT2D eigenvalue weighted by molar-refractivity contribution is -0.385. The first-order chi connectivity index (χ1) is 7.54. The molecule has 0 aliphatic rings. The average Bonchev–Trinajstić information content (AvgIpc) is 2.21. The highest BCUT2D eigenvalue weighted by atomic mass is 79.9. The lowest BCUT2D eigenvalue weighted by Crippen LogP contribution is -2.17. The topological polar surface area (TPSA) is 88.3 Å². The molecule has 1 aromatic rings. The molecule has 1 aromatic heterocycles. The number of halogens is 1. The quantitative estimate of drug-likeness (QED) is 0.639.